The number of halogens is 2. The molecule has 176 valence electrons. The molecule has 3 N–H and O–H groups in total. The van der Waals surface area contributed by atoms with Gasteiger partial charge in [-0.05, 0) is 23.8 Å². The Labute approximate surface area is 197 Å². The van der Waals surface area contributed by atoms with E-state index in [0.717, 1.165) is 5.56 Å². The number of aromatic nitrogens is 1. The number of amidine groups is 1. The molecule has 0 fully saturated rings. The standard InChI is InChI=1S/C26H19F2N3O4/c27-17-8-16-12(10-30-25(16)29)7-13(17)11-31-19-9-18(28)14-5-6-35-24(14)22(19)21(23(31)26(33)34)15-3-1-2-4-20(15)32/h1-3,7-9H,4-6,10-11H2,(H2,29,30)(H,33,34). The van der Waals surface area contributed by atoms with E-state index in [-0.39, 0.29) is 64.9 Å². The summed E-state index contributed by atoms with van der Waals surface area (Å²) in [6, 6.07) is 4.12. The van der Waals surface area contributed by atoms with Crippen LogP contribution < -0.4 is 10.5 Å². The highest BCUT2D eigenvalue weighted by atomic mass is 19.1. The fourth-order valence-corrected chi connectivity index (χ4v) is 5.13. The first kappa shape index (κ1) is 21.3. The van der Waals surface area contributed by atoms with Crippen LogP contribution >= 0.6 is 0 Å². The lowest BCUT2D eigenvalue weighted by molar-refractivity contribution is -0.113. The molecule has 2 aliphatic heterocycles. The van der Waals surface area contributed by atoms with Crippen molar-refractivity contribution >= 4 is 34.1 Å². The maximum atomic E-state index is 15.1. The van der Waals surface area contributed by atoms with Gasteiger partial charge in [-0.3, -0.25) is 9.79 Å². The average Bonchev–Trinajstić information content (AvgIpc) is 3.52. The molecule has 6 rings (SSSR count). The van der Waals surface area contributed by atoms with Gasteiger partial charge in [0.05, 0.1) is 30.6 Å². The molecule has 0 saturated heterocycles. The van der Waals surface area contributed by atoms with Gasteiger partial charge in [0.2, 0.25) is 0 Å². The van der Waals surface area contributed by atoms with E-state index in [0.29, 0.717) is 29.5 Å². The molecule has 1 aliphatic carbocycles. The Morgan fingerprint density at radius 1 is 1.23 bits per heavy atom. The Morgan fingerprint density at radius 2 is 2.06 bits per heavy atom. The van der Waals surface area contributed by atoms with Crippen LogP contribution in [0, 0.1) is 11.6 Å². The minimum atomic E-state index is -1.32. The van der Waals surface area contributed by atoms with Gasteiger partial charge in [0.1, 0.15) is 28.9 Å². The summed E-state index contributed by atoms with van der Waals surface area (Å²) in [6.07, 6.45) is 5.36. The molecule has 0 unspecified atom stereocenters. The molecule has 3 heterocycles. The Bertz CT molecular complexity index is 1580. The van der Waals surface area contributed by atoms with Crippen LogP contribution in [0.2, 0.25) is 0 Å². The number of carbonyl (C=O) groups is 2. The number of Topliss-reactive ketones (excluding diaryl/α,β-unsaturated/α-hetero) is 1. The van der Waals surface area contributed by atoms with Gasteiger partial charge in [-0.15, -0.1) is 0 Å². The number of nitrogens with zero attached hydrogens (tertiary/aromatic N) is 2. The number of carbonyl (C=O) groups excluding carboxylic acids is 1. The summed E-state index contributed by atoms with van der Waals surface area (Å²) in [5, 5.41) is 10.6. The zero-order valence-corrected chi connectivity index (χ0v) is 18.4. The van der Waals surface area contributed by atoms with E-state index in [1.54, 1.807) is 24.3 Å². The molecular formula is C26H19F2N3O4. The average molecular weight is 475 g/mol. The zero-order chi connectivity index (χ0) is 24.4. The third-order valence-corrected chi connectivity index (χ3v) is 6.73. The summed E-state index contributed by atoms with van der Waals surface area (Å²) in [5.41, 5.74) is 7.94. The summed E-state index contributed by atoms with van der Waals surface area (Å²) in [4.78, 5) is 29.6. The molecule has 0 radical (unpaired) electrons. The number of fused-ring (bicyclic) bond motifs is 4. The monoisotopic (exact) mass is 475 g/mol. The lowest BCUT2D eigenvalue weighted by Crippen LogP contribution is -2.15. The van der Waals surface area contributed by atoms with E-state index < -0.39 is 17.6 Å². The third kappa shape index (κ3) is 3.11. The Morgan fingerprint density at radius 3 is 2.83 bits per heavy atom. The second-order valence-electron chi connectivity index (χ2n) is 8.71. The minimum absolute atomic E-state index is 0.114. The summed E-state index contributed by atoms with van der Waals surface area (Å²) in [7, 11) is 0. The van der Waals surface area contributed by atoms with Crippen molar-refractivity contribution in [1.29, 1.82) is 0 Å². The Hall–Kier alpha value is -4.27. The number of rotatable bonds is 4. The normalized spacial score (nSPS) is 16.2. The molecule has 7 nitrogen and oxygen atoms in total. The van der Waals surface area contributed by atoms with E-state index in [2.05, 4.69) is 4.99 Å². The predicted molar refractivity (Wildman–Crippen MR) is 125 cm³/mol. The summed E-state index contributed by atoms with van der Waals surface area (Å²) in [5.74, 6) is -2.22. The van der Waals surface area contributed by atoms with Crippen LogP contribution in [-0.4, -0.2) is 33.9 Å². The third-order valence-electron chi connectivity index (χ3n) is 6.73. The van der Waals surface area contributed by atoms with Crippen LogP contribution in [0.3, 0.4) is 0 Å². The number of hydrogen-bond acceptors (Lipinski definition) is 5. The molecule has 0 amide bonds. The highest BCUT2D eigenvalue weighted by Crippen LogP contribution is 2.44. The molecule has 0 atom stereocenters. The second kappa shape index (κ2) is 7.63. The highest BCUT2D eigenvalue weighted by molar-refractivity contribution is 6.28. The molecule has 0 bridgehead atoms. The summed E-state index contributed by atoms with van der Waals surface area (Å²) < 4.78 is 37.3. The van der Waals surface area contributed by atoms with Gasteiger partial charge in [0.15, 0.2) is 5.78 Å². The predicted octanol–water partition coefficient (Wildman–Crippen LogP) is 3.73. The fourth-order valence-electron chi connectivity index (χ4n) is 5.13. The number of carboxylic acid groups (broad SMARTS) is 1. The van der Waals surface area contributed by atoms with Crippen molar-refractivity contribution in [2.75, 3.05) is 6.61 Å². The summed E-state index contributed by atoms with van der Waals surface area (Å²) >= 11 is 0. The maximum Gasteiger partial charge on any atom is 0.353 e. The summed E-state index contributed by atoms with van der Waals surface area (Å²) in [6.45, 7) is 0.334. The number of allylic oxidation sites excluding steroid dienone is 4. The number of aromatic carboxylic acids is 1. The number of carboxylic acids is 1. The van der Waals surface area contributed by atoms with Gasteiger partial charge in [0, 0.05) is 40.7 Å². The van der Waals surface area contributed by atoms with Crippen molar-refractivity contribution in [2.45, 2.75) is 25.9 Å². The van der Waals surface area contributed by atoms with Gasteiger partial charge in [-0.2, -0.15) is 0 Å². The van der Waals surface area contributed by atoms with Crippen LogP contribution in [-0.2, 0) is 24.3 Å². The van der Waals surface area contributed by atoms with Crippen LogP contribution in [0.4, 0.5) is 8.78 Å². The molecule has 35 heavy (non-hydrogen) atoms. The fraction of sp³-hybridized carbons (Fsp3) is 0.192. The highest BCUT2D eigenvalue weighted by Gasteiger charge is 2.34. The van der Waals surface area contributed by atoms with Crippen LogP contribution in [0.25, 0.3) is 16.5 Å². The van der Waals surface area contributed by atoms with Gasteiger partial charge in [-0.25, -0.2) is 13.6 Å². The van der Waals surface area contributed by atoms with E-state index in [9.17, 15) is 14.7 Å². The van der Waals surface area contributed by atoms with Crippen molar-refractivity contribution in [1.82, 2.24) is 4.57 Å². The SMILES string of the molecule is NC1=NCc2cc(Cn3c(C(=O)O)c(C4=CC=CCC4=O)c4c5c(c(F)cc43)CCO5)c(F)cc21. The van der Waals surface area contributed by atoms with Crippen LogP contribution in [0.5, 0.6) is 5.75 Å². The van der Waals surface area contributed by atoms with Crippen molar-refractivity contribution in [3.63, 3.8) is 0 Å². The number of aliphatic imine (C=N–C) groups is 1. The van der Waals surface area contributed by atoms with Crippen molar-refractivity contribution in [3.8, 4) is 5.75 Å². The van der Waals surface area contributed by atoms with Gasteiger partial charge in [-0.1, -0.05) is 18.2 Å². The molecular weight excluding hydrogens is 456 g/mol. The van der Waals surface area contributed by atoms with Crippen molar-refractivity contribution < 1.29 is 28.2 Å². The van der Waals surface area contributed by atoms with E-state index in [1.807, 2.05) is 0 Å². The van der Waals surface area contributed by atoms with Gasteiger partial charge < -0.3 is 20.1 Å². The van der Waals surface area contributed by atoms with E-state index in [4.69, 9.17) is 10.5 Å². The quantitative estimate of drug-likeness (QED) is 0.598. The second-order valence-corrected chi connectivity index (χ2v) is 8.71. The Balaban J connectivity index is 1.65. The van der Waals surface area contributed by atoms with E-state index in [1.165, 1.54) is 16.7 Å². The molecule has 3 aromatic rings. The largest absolute Gasteiger partial charge is 0.492 e. The first-order valence-electron chi connectivity index (χ1n) is 11.1. The van der Waals surface area contributed by atoms with Crippen molar-refractivity contribution in [3.05, 3.63) is 81.6 Å². The zero-order valence-electron chi connectivity index (χ0n) is 18.4. The number of nitrogens with two attached hydrogens (primary N) is 1. The first-order chi connectivity index (χ1) is 16.8. The van der Waals surface area contributed by atoms with Gasteiger partial charge >= 0.3 is 5.97 Å². The maximum absolute atomic E-state index is 15.1. The number of hydrogen-bond donors (Lipinski definition) is 2. The molecule has 3 aliphatic rings. The molecule has 2 aromatic carbocycles. The van der Waals surface area contributed by atoms with E-state index >= 15 is 8.78 Å². The molecule has 9 heteroatoms. The smallest absolute Gasteiger partial charge is 0.353 e. The number of ketones is 1. The molecule has 0 spiro atoms. The lowest BCUT2D eigenvalue weighted by Gasteiger charge is -2.13. The van der Waals surface area contributed by atoms with Crippen LogP contribution in [0.1, 0.15) is 44.7 Å². The first-order valence-corrected chi connectivity index (χ1v) is 11.1. The molecule has 1 aromatic heterocycles. The Kier molecular flexibility index (Phi) is 4.64. The minimum Gasteiger partial charge on any atom is -0.492 e. The number of benzene rings is 2. The molecule has 0 saturated carbocycles. The van der Waals surface area contributed by atoms with Crippen molar-refractivity contribution in [2.24, 2.45) is 10.7 Å². The number of ether oxygens (including phenoxy) is 1. The van der Waals surface area contributed by atoms with Crippen LogP contribution in [0.15, 0.2) is 41.4 Å². The lowest BCUT2D eigenvalue weighted by atomic mass is 9.92. The topological polar surface area (TPSA) is 107 Å². The van der Waals surface area contributed by atoms with Gasteiger partial charge in [0.25, 0.3) is 0 Å².